The number of aromatic nitrogens is 2. The molecule has 2 aromatic rings. The van der Waals surface area contributed by atoms with Crippen LogP contribution < -0.4 is 9.64 Å². The Morgan fingerprint density at radius 3 is 2.48 bits per heavy atom. The van der Waals surface area contributed by atoms with Crippen LogP contribution in [0.4, 0.5) is 5.82 Å². The van der Waals surface area contributed by atoms with Crippen LogP contribution in [0.5, 0.6) is 5.75 Å². The van der Waals surface area contributed by atoms with Crippen molar-refractivity contribution in [3.63, 3.8) is 0 Å². The molecule has 0 amide bonds. The molecule has 1 saturated heterocycles. The zero-order chi connectivity index (χ0) is 16.2. The number of nitrogens with zero attached hydrogens (tertiary/aromatic N) is 3. The Morgan fingerprint density at radius 2 is 1.87 bits per heavy atom. The zero-order valence-electron chi connectivity index (χ0n) is 13.1. The lowest BCUT2D eigenvalue weighted by molar-refractivity contribution is 0.122. The van der Waals surface area contributed by atoms with Crippen LogP contribution >= 0.6 is 23.4 Å². The fraction of sp³-hybridized carbons (Fsp3) is 0.375. The van der Waals surface area contributed by atoms with Crippen LogP contribution in [0.1, 0.15) is 0 Å². The maximum atomic E-state index is 6.41. The molecule has 122 valence electrons. The van der Waals surface area contributed by atoms with Crippen LogP contribution in [0.15, 0.2) is 29.2 Å². The molecule has 0 N–H and O–H groups in total. The van der Waals surface area contributed by atoms with Gasteiger partial charge < -0.3 is 14.4 Å². The van der Waals surface area contributed by atoms with Gasteiger partial charge in [-0.1, -0.05) is 11.6 Å². The van der Waals surface area contributed by atoms with Gasteiger partial charge in [-0.25, -0.2) is 9.97 Å². The van der Waals surface area contributed by atoms with Crippen molar-refractivity contribution < 1.29 is 9.47 Å². The van der Waals surface area contributed by atoms with E-state index in [0.29, 0.717) is 24.2 Å². The van der Waals surface area contributed by atoms with E-state index < -0.39 is 0 Å². The summed E-state index contributed by atoms with van der Waals surface area (Å²) in [6, 6.07) is 7.66. The van der Waals surface area contributed by atoms with Gasteiger partial charge in [-0.3, -0.25) is 0 Å². The van der Waals surface area contributed by atoms with E-state index in [1.165, 1.54) is 0 Å². The van der Waals surface area contributed by atoms with Gasteiger partial charge in [0.15, 0.2) is 5.82 Å². The Labute approximate surface area is 145 Å². The molecule has 3 rings (SSSR count). The van der Waals surface area contributed by atoms with Crippen molar-refractivity contribution in [3.8, 4) is 17.1 Å². The molecular weight excluding hydrogens is 334 g/mol. The van der Waals surface area contributed by atoms with Gasteiger partial charge in [0.25, 0.3) is 0 Å². The first-order valence-electron chi connectivity index (χ1n) is 7.31. The number of benzene rings is 1. The van der Waals surface area contributed by atoms with Crippen LogP contribution in [-0.2, 0) is 4.74 Å². The summed E-state index contributed by atoms with van der Waals surface area (Å²) < 4.78 is 10.6. The minimum atomic E-state index is 0.486. The number of methoxy groups -OCH3 is 1. The second kappa shape index (κ2) is 7.38. The van der Waals surface area contributed by atoms with Crippen molar-refractivity contribution >= 4 is 29.2 Å². The highest BCUT2D eigenvalue weighted by Gasteiger charge is 2.20. The Balaban J connectivity index is 2.02. The van der Waals surface area contributed by atoms with Crippen molar-refractivity contribution in [3.05, 3.63) is 29.4 Å². The zero-order valence-corrected chi connectivity index (χ0v) is 14.7. The van der Waals surface area contributed by atoms with Crippen molar-refractivity contribution in [1.29, 1.82) is 0 Å². The summed E-state index contributed by atoms with van der Waals surface area (Å²) in [6.07, 6.45) is 1.99. The number of morpholine rings is 1. The molecule has 7 heteroatoms. The lowest BCUT2D eigenvalue weighted by atomic mass is 10.2. The number of hydrogen-bond acceptors (Lipinski definition) is 6. The fourth-order valence-corrected chi connectivity index (χ4v) is 3.41. The molecule has 0 radical (unpaired) electrons. The van der Waals surface area contributed by atoms with Crippen molar-refractivity contribution in [1.82, 2.24) is 9.97 Å². The first kappa shape index (κ1) is 16.4. The standard InChI is InChI=1S/C16H18ClN3O2S/c1-21-12-5-3-11(4-6-12)15-18-14(17)13(23-2)16(19-15)20-7-9-22-10-8-20/h3-6H,7-10H2,1-2H3. The molecule has 0 aliphatic carbocycles. The minimum Gasteiger partial charge on any atom is -0.497 e. The molecule has 1 aliphatic heterocycles. The topological polar surface area (TPSA) is 47.5 Å². The first-order chi connectivity index (χ1) is 11.2. The van der Waals surface area contributed by atoms with E-state index in [2.05, 4.69) is 9.88 Å². The van der Waals surface area contributed by atoms with Gasteiger partial charge in [-0.2, -0.15) is 0 Å². The Hall–Kier alpha value is -1.50. The molecule has 23 heavy (non-hydrogen) atoms. The summed E-state index contributed by atoms with van der Waals surface area (Å²) in [5, 5.41) is 0.486. The lowest BCUT2D eigenvalue weighted by Crippen LogP contribution is -2.37. The lowest BCUT2D eigenvalue weighted by Gasteiger charge is -2.29. The molecule has 0 saturated carbocycles. The van der Waals surface area contributed by atoms with Crippen molar-refractivity contribution in [2.45, 2.75) is 4.90 Å². The van der Waals surface area contributed by atoms with Gasteiger partial charge in [0.2, 0.25) is 0 Å². The summed E-state index contributed by atoms with van der Waals surface area (Å²) in [5.74, 6) is 2.30. The molecule has 0 unspecified atom stereocenters. The molecule has 1 aliphatic rings. The quantitative estimate of drug-likeness (QED) is 0.621. The number of rotatable bonds is 4. The molecule has 0 atom stereocenters. The van der Waals surface area contributed by atoms with E-state index in [-0.39, 0.29) is 0 Å². The van der Waals surface area contributed by atoms with E-state index in [9.17, 15) is 0 Å². The number of halogens is 1. The predicted octanol–water partition coefficient (Wildman–Crippen LogP) is 3.36. The second-order valence-corrected chi connectivity index (χ2v) is 6.20. The van der Waals surface area contributed by atoms with Crippen LogP contribution in [-0.4, -0.2) is 49.6 Å². The van der Waals surface area contributed by atoms with E-state index in [0.717, 1.165) is 35.1 Å². The second-order valence-electron chi connectivity index (χ2n) is 5.02. The van der Waals surface area contributed by atoms with Gasteiger partial charge in [-0.15, -0.1) is 11.8 Å². The fourth-order valence-electron chi connectivity index (χ4n) is 2.45. The Kier molecular flexibility index (Phi) is 5.25. The van der Waals surface area contributed by atoms with E-state index in [1.54, 1.807) is 18.9 Å². The summed E-state index contributed by atoms with van der Waals surface area (Å²) in [4.78, 5) is 12.3. The highest BCUT2D eigenvalue weighted by Crippen LogP contribution is 2.35. The normalized spacial score (nSPS) is 14.8. The highest BCUT2D eigenvalue weighted by atomic mass is 35.5. The molecule has 1 aromatic heterocycles. The third-order valence-electron chi connectivity index (χ3n) is 3.67. The number of ether oxygens (including phenoxy) is 2. The summed E-state index contributed by atoms with van der Waals surface area (Å²) >= 11 is 7.97. The molecule has 2 heterocycles. The van der Waals surface area contributed by atoms with E-state index in [1.807, 2.05) is 30.5 Å². The van der Waals surface area contributed by atoms with Gasteiger partial charge >= 0.3 is 0 Å². The summed E-state index contributed by atoms with van der Waals surface area (Å²) in [7, 11) is 1.65. The monoisotopic (exact) mass is 351 g/mol. The molecule has 1 aromatic carbocycles. The number of anilines is 1. The average Bonchev–Trinajstić information content (AvgIpc) is 2.62. The molecule has 0 spiro atoms. The number of hydrogen-bond donors (Lipinski definition) is 0. The third kappa shape index (κ3) is 3.54. The van der Waals surface area contributed by atoms with Gasteiger partial charge in [0.1, 0.15) is 16.7 Å². The van der Waals surface area contributed by atoms with Crippen LogP contribution in [0.3, 0.4) is 0 Å². The van der Waals surface area contributed by atoms with Crippen LogP contribution in [0, 0.1) is 0 Å². The SMILES string of the molecule is COc1ccc(-c2nc(Cl)c(SC)c(N3CCOCC3)n2)cc1. The predicted molar refractivity (Wildman–Crippen MR) is 93.8 cm³/mol. The van der Waals surface area contributed by atoms with Gasteiger partial charge in [0, 0.05) is 18.7 Å². The summed E-state index contributed by atoms with van der Waals surface area (Å²) in [5.41, 5.74) is 0.912. The van der Waals surface area contributed by atoms with E-state index in [4.69, 9.17) is 26.1 Å². The highest BCUT2D eigenvalue weighted by molar-refractivity contribution is 7.98. The van der Waals surface area contributed by atoms with Crippen LogP contribution in [0.2, 0.25) is 5.15 Å². The number of thioether (sulfide) groups is 1. The van der Waals surface area contributed by atoms with Crippen molar-refractivity contribution in [2.75, 3.05) is 44.6 Å². The molecule has 5 nitrogen and oxygen atoms in total. The maximum absolute atomic E-state index is 6.41. The molecule has 0 bridgehead atoms. The van der Waals surface area contributed by atoms with E-state index >= 15 is 0 Å². The van der Waals surface area contributed by atoms with Gasteiger partial charge in [0.05, 0.1) is 25.2 Å². The Morgan fingerprint density at radius 1 is 1.17 bits per heavy atom. The minimum absolute atomic E-state index is 0.486. The van der Waals surface area contributed by atoms with Crippen molar-refractivity contribution in [2.24, 2.45) is 0 Å². The first-order valence-corrected chi connectivity index (χ1v) is 8.92. The van der Waals surface area contributed by atoms with Crippen LogP contribution in [0.25, 0.3) is 11.4 Å². The summed E-state index contributed by atoms with van der Waals surface area (Å²) in [6.45, 7) is 3.02. The Bertz CT molecular complexity index is 676. The third-order valence-corrected chi connectivity index (χ3v) is 4.84. The average molecular weight is 352 g/mol. The molecule has 1 fully saturated rings. The maximum Gasteiger partial charge on any atom is 0.163 e. The van der Waals surface area contributed by atoms with Gasteiger partial charge in [-0.05, 0) is 30.5 Å². The smallest absolute Gasteiger partial charge is 0.163 e. The largest absolute Gasteiger partial charge is 0.497 e. The molecular formula is C16H18ClN3O2S.